The van der Waals surface area contributed by atoms with Crippen LogP contribution >= 0.6 is 0 Å². The topological polar surface area (TPSA) is 66.5 Å². The highest BCUT2D eigenvalue weighted by molar-refractivity contribution is 6.04. The van der Waals surface area contributed by atoms with Gasteiger partial charge in [0.2, 0.25) is 17.7 Å². The molecule has 1 atom stereocenters. The number of hydrogen-bond donors (Lipinski definition) is 1. The third-order valence-corrected chi connectivity index (χ3v) is 3.28. The van der Waals surface area contributed by atoms with Gasteiger partial charge in [0, 0.05) is 5.92 Å². The lowest BCUT2D eigenvalue weighted by Gasteiger charge is -2.35. The van der Waals surface area contributed by atoms with E-state index in [1.165, 1.54) is 4.90 Å². The molecule has 0 aromatic rings. The standard InChI is InChI=1S/C12H16N2O3/c1-2-9-11(16)13-10(15)7-14(9)12(17)8-5-3-4-6-8/h3-4,8-9H,2,5-7H2,1H3,(H,13,15,16). The van der Waals surface area contributed by atoms with Crippen LogP contribution in [-0.4, -0.2) is 35.2 Å². The Bertz CT molecular complexity index is 381. The predicted molar refractivity (Wildman–Crippen MR) is 60.8 cm³/mol. The molecule has 0 saturated carbocycles. The fraction of sp³-hybridized carbons (Fsp3) is 0.583. The van der Waals surface area contributed by atoms with Crippen LogP contribution in [0, 0.1) is 5.92 Å². The average Bonchev–Trinajstić information content (AvgIpc) is 2.80. The number of amides is 3. The molecule has 5 nitrogen and oxygen atoms in total. The van der Waals surface area contributed by atoms with Crippen molar-refractivity contribution in [3.63, 3.8) is 0 Å². The number of rotatable bonds is 2. The van der Waals surface area contributed by atoms with E-state index in [2.05, 4.69) is 5.32 Å². The zero-order valence-corrected chi connectivity index (χ0v) is 9.81. The Morgan fingerprint density at radius 3 is 2.65 bits per heavy atom. The van der Waals surface area contributed by atoms with Crippen molar-refractivity contribution in [1.29, 1.82) is 0 Å². The molecular weight excluding hydrogens is 220 g/mol. The van der Waals surface area contributed by atoms with Gasteiger partial charge in [-0.1, -0.05) is 19.1 Å². The second kappa shape index (κ2) is 4.69. The summed E-state index contributed by atoms with van der Waals surface area (Å²) >= 11 is 0. The Morgan fingerprint density at radius 2 is 2.06 bits per heavy atom. The first-order valence-electron chi connectivity index (χ1n) is 5.92. The molecule has 0 spiro atoms. The van der Waals surface area contributed by atoms with Crippen molar-refractivity contribution >= 4 is 17.7 Å². The maximum absolute atomic E-state index is 12.2. The predicted octanol–water partition coefficient (Wildman–Crippen LogP) is 0.216. The Labute approximate surface area is 99.8 Å². The number of imide groups is 1. The van der Waals surface area contributed by atoms with E-state index in [0.29, 0.717) is 19.3 Å². The number of allylic oxidation sites excluding steroid dienone is 2. The minimum Gasteiger partial charge on any atom is -0.321 e. The van der Waals surface area contributed by atoms with Gasteiger partial charge in [-0.3, -0.25) is 19.7 Å². The lowest BCUT2D eigenvalue weighted by Crippen LogP contribution is -2.60. The van der Waals surface area contributed by atoms with Gasteiger partial charge in [0.25, 0.3) is 0 Å². The molecule has 2 aliphatic rings. The Balaban J connectivity index is 2.13. The van der Waals surface area contributed by atoms with E-state index in [9.17, 15) is 14.4 Å². The number of nitrogens with one attached hydrogen (secondary N) is 1. The number of carbonyl (C=O) groups is 3. The van der Waals surface area contributed by atoms with Gasteiger partial charge in [-0.15, -0.1) is 0 Å². The molecule has 0 radical (unpaired) electrons. The fourth-order valence-electron chi connectivity index (χ4n) is 2.36. The van der Waals surface area contributed by atoms with Gasteiger partial charge in [0.1, 0.15) is 12.6 Å². The molecule has 5 heteroatoms. The van der Waals surface area contributed by atoms with Gasteiger partial charge in [-0.2, -0.15) is 0 Å². The quantitative estimate of drug-likeness (QED) is 0.551. The van der Waals surface area contributed by atoms with Crippen LogP contribution in [0.5, 0.6) is 0 Å². The van der Waals surface area contributed by atoms with E-state index >= 15 is 0 Å². The molecule has 3 amide bonds. The van der Waals surface area contributed by atoms with Crippen LogP contribution < -0.4 is 5.32 Å². The summed E-state index contributed by atoms with van der Waals surface area (Å²) in [5, 5.41) is 2.27. The second-order valence-corrected chi connectivity index (χ2v) is 4.44. The molecule has 1 N–H and O–H groups in total. The third kappa shape index (κ3) is 2.23. The molecule has 1 unspecified atom stereocenters. The average molecular weight is 236 g/mol. The molecule has 1 fully saturated rings. The van der Waals surface area contributed by atoms with Gasteiger partial charge < -0.3 is 4.90 Å². The summed E-state index contributed by atoms with van der Waals surface area (Å²) in [4.78, 5) is 36.6. The maximum atomic E-state index is 12.2. The molecular formula is C12H16N2O3. The highest BCUT2D eigenvalue weighted by Crippen LogP contribution is 2.23. The van der Waals surface area contributed by atoms with Crippen molar-refractivity contribution in [2.24, 2.45) is 5.92 Å². The summed E-state index contributed by atoms with van der Waals surface area (Å²) in [6.07, 6.45) is 5.89. The molecule has 1 heterocycles. The molecule has 2 rings (SSSR count). The van der Waals surface area contributed by atoms with Crippen molar-refractivity contribution in [3.8, 4) is 0 Å². The largest absolute Gasteiger partial charge is 0.321 e. The van der Waals surface area contributed by atoms with E-state index < -0.39 is 6.04 Å². The van der Waals surface area contributed by atoms with Crippen LogP contribution in [0.4, 0.5) is 0 Å². The van der Waals surface area contributed by atoms with Crippen LogP contribution in [0.3, 0.4) is 0 Å². The number of piperazine rings is 1. The van der Waals surface area contributed by atoms with Crippen LogP contribution in [0.1, 0.15) is 26.2 Å². The first-order chi connectivity index (χ1) is 8.13. The van der Waals surface area contributed by atoms with E-state index in [1.54, 1.807) is 0 Å². The third-order valence-electron chi connectivity index (χ3n) is 3.28. The van der Waals surface area contributed by atoms with Gasteiger partial charge in [0.05, 0.1) is 0 Å². The number of hydrogen-bond acceptors (Lipinski definition) is 3. The molecule has 1 saturated heterocycles. The van der Waals surface area contributed by atoms with Crippen LogP contribution in [0.25, 0.3) is 0 Å². The maximum Gasteiger partial charge on any atom is 0.249 e. The SMILES string of the molecule is CCC1C(=O)NC(=O)CN1C(=O)C1CC=CC1. The zero-order chi connectivity index (χ0) is 12.4. The van der Waals surface area contributed by atoms with E-state index in [0.717, 1.165) is 0 Å². The molecule has 17 heavy (non-hydrogen) atoms. The first kappa shape index (κ1) is 11.8. The lowest BCUT2D eigenvalue weighted by atomic mass is 10.0. The number of carbonyl (C=O) groups excluding carboxylic acids is 3. The highest BCUT2D eigenvalue weighted by Gasteiger charge is 2.37. The van der Waals surface area contributed by atoms with Crippen molar-refractivity contribution in [2.75, 3.05) is 6.54 Å². The molecule has 1 aliphatic carbocycles. The van der Waals surface area contributed by atoms with Crippen LogP contribution in [-0.2, 0) is 14.4 Å². The Morgan fingerprint density at radius 1 is 1.41 bits per heavy atom. The molecule has 0 aromatic heterocycles. The van der Waals surface area contributed by atoms with E-state index in [4.69, 9.17) is 0 Å². The van der Waals surface area contributed by atoms with E-state index in [-0.39, 0.29) is 30.2 Å². The normalized spacial score (nSPS) is 25.2. The first-order valence-corrected chi connectivity index (χ1v) is 5.92. The van der Waals surface area contributed by atoms with Gasteiger partial charge in [-0.05, 0) is 19.3 Å². The van der Waals surface area contributed by atoms with Gasteiger partial charge >= 0.3 is 0 Å². The molecule has 0 aromatic carbocycles. The number of nitrogens with zero attached hydrogens (tertiary/aromatic N) is 1. The summed E-state index contributed by atoms with van der Waals surface area (Å²) in [5.41, 5.74) is 0. The highest BCUT2D eigenvalue weighted by atomic mass is 16.2. The van der Waals surface area contributed by atoms with Crippen molar-refractivity contribution in [1.82, 2.24) is 10.2 Å². The van der Waals surface area contributed by atoms with E-state index in [1.807, 2.05) is 19.1 Å². The lowest BCUT2D eigenvalue weighted by molar-refractivity contribution is -0.152. The summed E-state index contributed by atoms with van der Waals surface area (Å²) in [6, 6.07) is -0.499. The summed E-state index contributed by atoms with van der Waals surface area (Å²) in [7, 11) is 0. The van der Waals surface area contributed by atoms with Crippen molar-refractivity contribution < 1.29 is 14.4 Å². The summed E-state index contributed by atoms with van der Waals surface area (Å²) < 4.78 is 0. The fourth-order valence-corrected chi connectivity index (χ4v) is 2.36. The summed E-state index contributed by atoms with van der Waals surface area (Å²) in [6.45, 7) is 1.84. The Kier molecular flexibility index (Phi) is 3.26. The Hall–Kier alpha value is -1.65. The monoisotopic (exact) mass is 236 g/mol. The van der Waals surface area contributed by atoms with Crippen LogP contribution in [0.15, 0.2) is 12.2 Å². The minimum atomic E-state index is -0.499. The van der Waals surface area contributed by atoms with Gasteiger partial charge in [-0.25, -0.2) is 0 Å². The van der Waals surface area contributed by atoms with Crippen molar-refractivity contribution in [3.05, 3.63) is 12.2 Å². The zero-order valence-electron chi connectivity index (χ0n) is 9.81. The molecule has 92 valence electrons. The van der Waals surface area contributed by atoms with Crippen LogP contribution in [0.2, 0.25) is 0 Å². The summed E-state index contributed by atoms with van der Waals surface area (Å²) in [5.74, 6) is -0.921. The van der Waals surface area contributed by atoms with Gasteiger partial charge in [0.15, 0.2) is 0 Å². The van der Waals surface area contributed by atoms with Crippen molar-refractivity contribution in [2.45, 2.75) is 32.2 Å². The smallest absolute Gasteiger partial charge is 0.249 e. The molecule has 1 aliphatic heterocycles. The minimum absolute atomic E-state index is 0.000417. The second-order valence-electron chi connectivity index (χ2n) is 4.44. The molecule has 0 bridgehead atoms.